The predicted octanol–water partition coefficient (Wildman–Crippen LogP) is 2.38. The van der Waals surface area contributed by atoms with Gasteiger partial charge in [-0.2, -0.15) is 5.26 Å². The zero-order valence-electron chi connectivity index (χ0n) is 9.48. The molecule has 5 nitrogen and oxygen atoms in total. The monoisotopic (exact) mass is 324 g/mol. The highest BCUT2D eigenvalue weighted by molar-refractivity contribution is 9.10. The van der Waals surface area contributed by atoms with Gasteiger partial charge in [-0.25, -0.2) is 9.89 Å². The van der Waals surface area contributed by atoms with Gasteiger partial charge in [0.15, 0.2) is 5.16 Å². The molecular weight excluding hydrogens is 316 g/mol. The maximum atomic E-state index is 11.4. The van der Waals surface area contributed by atoms with Gasteiger partial charge < -0.3 is 0 Å². The van der Waals surface area contributed by atoms with Gasteiger partial charge in [-0.1, -0.05) is 15.9 Å². The SMILES string of the molecule is CCn1c(Sc2ccc(Br)cc2C#N)n[nH]c1=O. The number of nitrogens with one attached hydrogen (secondary N) is 1. The van der Waals surface area contributed by atoms with E-state index in [-0.39, 0.29) is 5.69 Å². The fourth-order valence-corrected chi connectivity index (χ4v) is 2.76. The van der Waals surface area contributed by atoms with Crippen molar-refractivity contribution in [2.24, 2.45) is 0 Å². The van der Waals surface area contributed by atoms with E-state index in [2.05, 4.69) is 32.2 Å². The maximum absolute atomic E-state index is 11.4. The lowest BCUT2D eigenvalue weighted by atomic mass is 10.2. The fraction of sp³-hybridized carbons (Fsp3) is 0.182. The van der Waals surface area contributed by atoms with Gasteiger partial charge in [-0.15, -0.1) is 5.10 Å². The van der Waals surface area contributed by atoms with Crippen molar-refractivity contribution in [3.63, 3.8) is 0 Å². The standard InChI is InChI=1S/C11H9BrN4OS/c1-2-16-10(17)14-15-11(16)18-9-4-3-8(12)5-7(9)6-13/h3-5H,2H2,1H3,(H,14,17). The molecule has 0 bridgehead atoms. The summed E-state index contributed by atoms with van der Waals surface area (Å²) >= 11 is 4.61. The van der Waals surface area contributed by atoms with Crippen molar-refractivity contribution < 1.29 is 0 Å². The highest BCUT2D eigenvalue weighted by Gasteiger charge is 2.11. The van der Waals surface area contributed by atoms with Crippen LogP contribution in [0.1, 0.15) is 12.5 Å². The Hall–Kier alpha value is -1.52. The molecule has 0 aliphatic heterocycles. The molecule has 0 saturated carbocycles. The van der Waals surface area contributed by atoms with Crippen LogP contribution in [0.15, 0.2) is 37.5 Å². The van der Waals surface area contributed by atoms with Gasteiger partial charge in [0.2, 0.25) is 0 Å². The van der Waals surface area contributed by atoms with Gasteiger partial charge in [0.05, 0.1) is 5.56 Å². The Bertz CT molecular complexity index is 670. The van der Waals surface area contributed by atoms with E-state index >= 15 is 0 Å². The Morgan fingerprint density at radius 2 is 2.39 bits per heavy atom. The van der Waals surface area contributed by atoms with E-state index in [4.69, 9.17) is 5.26 Å². The maximum Gasteiger partial charge on any atom is 0.343 e. The summed E-state index contributed by atoms with van der Waals surface area (Å²) in [4.78, 5) is 12.2. The highest BCUT2D eigenvalue weighted by atomic mass is 79.9. The first-order valence-electron chi connectivity index (χ1n) is 5.18. The van der Waals surface area contributed by atoms with Crippen LogP contribution in [0.5, 0.6) is 0 Å². The lowest BCUT2D eigenvalue weighted by Crippen LogP contribution is -2.16. The van der Waals surface area contributed by atoms with E-state index in [1.807, 2.05) is 19.1 Å². The van der Waals surface area contributed by atoms with Crippen LogP contribution in [0.2, 0.25) is 0 Å². The molecule has 1 aromatic heterocycles. The van der Waals surface area contributed by atoms with Gasteiger partial charge in [0.1, 0.15) is 6.07 Å². The summed E-state index contributed by atoms with van der Waals surface area (Å²) in [5.41, 5.74) is 0.308. The molecule has 1 heterocycles. The van der Waals surface area contributed by atoms with E-state index in [0.717, 1.165) is 9.37 Å². The highest BCUT2D eigenvalue weighted by Crippen LogP contribution is 2.29. The smallest absolute Gasteiger partial charge is 0.270 e. The van der Waals surface area contributed by atoms with Crippen LogP contribution in [0.25, 0.3) is 0 Å². The molecule has 0 amide bonds. The van der Waals surface area contributed by atoms with Crippen LogP contribution in [0, 0.1) is 11.3 Å². The predicted molar refractivity (Wildman–Crippen MR) is 71.5 cm³/mol. The normalized spacial score (nSPS) is 10.3. The fourth-order valence-electron chi connectivity index (χ4n) is 1.44. The molecule has 0 aliphatic rings. The summed E-state index contributed by atoms with van der Waals surface area (Å²) in [6.07, 6.45) is 0. The number of nitrogens with zero attached hydrogens (tertiary/aromatic N) is 3. The van der Waals surface area contributed by atoms with Crippen LogP contribution in [0.3, 0.4) is 0 Å². The number of aromatic nitrogens is 3. The van der Waals surface area contributed by atoms with E-state index in [9.17, 15) is 4.79 Å². The van der Waals surface area contributed by atoms with Crippen LogP contribution in [0.4, 0.5) is 0 Å². The summed E-state index contributed by atoms with van der Waals surface area (Å²) in [5.74, 6) is 0. The first-order chi connectivity index (χ1) is 8.65. The third kappa shape index (κ3) is 2.49. The minimum atomic E-state index is -0.240. The molecular formula is C11H9BrN4OS. The quantitative estimate of drug-likeness (QED) is 0.940. The topological polar surface area (TPSA) is 74.5 Å². The third-order valence-electron chi connectivity index (χ3n) is 2.30. The van der Waals surface area contributed by atoms with Gasteiger partial charge in [-0.3, -0.25) is 4.57 Å². The number of nitriles is 1. The average molecular weight is 325 g/mol. The van der Waals surface area contributed by atoms with Crippen LogP contribution >= 0.6 is 27.7 Å². The molecule has 7 heteroatoms. The molecule has 0 saturated heterocycles. The summed E-state index contributed by atoms with van der Waals surface area (Å²) in [7, 11) is 0. The summed E-state index contributed by atoms with van der Waals surface area (Å²) in [6, 6.07) is 7.54. The Morgan fingerprint density at radius 3 is 3.06 bits per heavy atom. The van der Waals surface area contributed by atoms with Crippen LogP contribution in [-0.2, 0) is 6.54 Å². The largest absolute Gasteiger partial charge is 0.343 e. The zero-order chi connectivity index (χ0) is 13.1. The van der Waals surface area contributed by atoms with Gasteiger partial charge in [0, 0.05) is 15.9 Å². The first-order valence-corrected chi connectivity index (χ1v) is 6.79. The Kier molecular flexibility index (Phi) is 3.89. The van der Waals surface area contributed by atoms with Gasteiger partial charge >= 0.3 is 5.69 Å². The number of benzene rings is 1. The Labute approximate surface area is 116 Å². The van der Waals surface area contributed by atoms with Crippen molar-refractivity contribution in [3.8, 4) is 6.07 Å². The number of aromatic amines is 1. The second-order valence-corrected chi connectivity index (χ2v) is 5.33. The summed E-state index contributed by atoms with van der Waals surface area (Å²) in [5, 5.41) is 16.0. The number of rotatable bonds is 3. The lowest BCUT2D eigenvalue weighted by molar-refractivity contribution is 0.660. The molecule has 0 aliphatic carbocycles. The zero-order valence-corrected chi connectivity index (χ0v) is 11.9. The molecule has 0 fully saturated rings. The van der Waals surface area contributed by atoms with Crippen molar-refractivity contribution in [2.75, 3.05) is 0 Å². The molecule has 2 rings (SSSR count). The molecule has 1 aromatic carbocycles. The van der Waals surface area contributed by atoms with Crippen LogP contribution in [-0.4, -0.2) is 14.8 Å². The molecule has 0 spiro atoms. The number of hydrogen-bond acceptors (Lipinski definition) is 4. The number of hydrogen-bond donors (Lipinski definition) is 1. The number of H-pyrrole nitrogens is 1. The average Bonchev–Trinajstić information content (AvgIpc) is 2.72. The first kappa shape index (κ1) is 12.9. The second kappa shape index (κ2) is 5.42. The van der Waals surface area contributed by atoms with Crippen molar-refractivity contribution in [2.45, 2.75) is 23.5 Å². The molecule has 0 unspecified atom stereocenters. The van der Waals surface area contributed by atoms with E-state index in [1.165, 1.54) is 16.3 Å². The summed E-state index contributed by atoms with van der Waals surface area (Å²) < 4.78 is 2.37. The molecule has 92 valence electrons. The van der Waals surface area contributed by atoms with Crippen molar-refractivity contribution in [1.82, 2.24) is 14.8 Å². The minimum Gasteiger partial charge on any atom is -0.270 e. The van der Waals surface area contributed by atoms with E-state index < -0.39 is 0 Å². The van der Waals surface area contributed by atoms with Gasteiger partial charge in [0.25, 0.3) is 0 Å². The molecule has 18 heavy (non-hydrogen) atoms. The van der Waals surface area contributed by atoms with Crippen molar-refractivity contribution in [1.29, 1.82) is 5.26 Å². The van der Waals surface area contributed by atoms with Crippen LogP contribution < -0.4 is 5.69 Å². The Morgan fingerprint density at radius 1 is 1.61 bits per heavy atom. The lowest BCUT2D eigenvalue weighted by Gasteiger charge is -2.04. The minimum absolute atomic E-state index is 0.240. The molecule has 1 N–H and O–H groups in total. The van der Waals surface area contributed by atoms with E-state index in [1.54, 1.807) is 6.07 Å². The van der Waals surface area contributed by atoms with Crippen molar-refractivity contribution >= 4 is 27.7 Å². The third-order valence-corrected chi connectivity index (χ3v) is 3.87. The Balaban J connectivity index is 2.40. The number of halogens is 1. The molecule has 2 aromatic rings. The molecule has 0 atom stereocenters. The van der Waals surface area contributed by atoms with E-state index in [0.29, 0.717) is 17.3 Å². The van der Waals surface area contributed by atoms with Crippen molar-refractivity contribution in [3.05, 3.63) is 38.7 Å². The summed E-state index contributed by atoms with van der Waals surface area (Å²) in [6.45, 7) is 2.41. The second-order valence-electron chi connectivity index (χ2n) is 3.41. The van der Waals surface area contributed by atoms with Gasteiger partial charge in [-0.05, 0) is 36.9 Å². The molecule has 0 radical (unpaired) electrons.